The molecule has 1 N–H and O–H groups in total. The Morgan fingerprint density at radius 3 is 2.32 bits per heavy atom. The lowest BCUT2D eigenvalue weighted by Gasteiger charge is -2.48. The Hall–Kier alpha value is -2.79. The number of nitrogens with zero attached hydrogens (tertiary/aromatic N) is 1. The number of carbonyl (C=O) groups excluding carboxylic acids is 2. The summed E-state index contributed by atoms with van der Waals surface area (Å²) in [5.41, 5.74) is 0.543. The summed E-state index contributed by atoms with van der Waals surface area (Å²) >= 11 is 5.90. The molecule has 1 spiro atoms. The smallest absolute Gasteiger partial charge is 0.347 e. The highest BCUT2D eigenvalue weighted by Gasteiger charge is 2.51. The zero-order valence-corrected chi connectivity index (χ0v) is 16.1. The van der Waals surface area contributed by atoms with Crippen LogP contribution in [-0.4, -0.2) is 17.6 Å². The number of amides is 1. The number of hydrogen-bond acceptors (Lipinski definition) is 4. The number of carbonyl (C=O) groups is 2. The van der Waals surface area contributed by atoms with E-state index in [1.807, 2.05) is 30.3 Å². The van der Waals surface area contributed by atoms with Crippen LogP contribution in [0.25, 0.3) is 0 Å². The number of nitrogens with one attached hydrogen (secondary N) is 1. The molecule has 1 saturated carbocycles. The van der Waals surface area contributed by atoms with Crippen molar-refractivity contribution in [2.45, 2.75) is 37.8 Å². The normalized spacial score (nSPS) is 20.3. The summed E-state index contributed by atoms with van der Waals surface area (Å²) in [6.45, 7) is 0. The summed E-state index contributed by atoms with van der Waals surface area (Å²) in [6, 6.07) is 16.4. The van der Waals surface area contributed by atoms with E-state index in [-0.39, 0.29) is 11.5 Å². The van der Waals surface area contributed by atoms with E-state index in [1.165, 1.54) is 6.20 Å². The fraction of sp³-hybridized carbons (Fsp3) is 0.273. The number of hydrogen-bond donors (Lipinski definition) is 1. The molecule has 6 heteroatoms. The Morgan fingerprint density at radius 1 is 0.964 bits per heavy atom. The summed E-state index contributed by atoms with van der Waals surface area (Å²) in [7, 11) is 0. The minimum atomic E-state index is -0.897. The van der Waals surface area contributed by atoms with Crippen molar-refractivity contribution in [1.29, 1.82) is 0 Å². The van der Waals surface area contributed by atoms with Gasteiger partial charge in [0.25, 0.3) is 5.91 Å². The second-order valence-electron chi connectivity index (χ2n) is 7.08. The fourth-order valence-electron chi connectivity index (χ4n) is 3.85. The van der Waals surface area contributed by atoms with E-state index in [1.54, 1.807) is 29.2 Å². The van der Waals surface area contributed by atoms with Crippen LogP contribution in [0.3, 0.4) is 0 Å². The molecule has 4 rings (SSSR count). The van der Waals surface area contributed by atoms with Crippen LogP contribution in [0.2, 0.25) is 5.02 Å². The molecule has 0 unspecified atom stereocenters. The number of benzene rings is 2. The summed E-state index contributed by atoms with van der Waals surface area (Å²) in [6.07, 6.45) is 5.64. The highest BCUT2D eigenvalue weighted by atomic mass is 35.5. The minimum absolute atomic E-state index is 0.0185. The summed E-state index contributed by atoms with van der Waals surface area (Å²) in [5.74, 6) is -0.925. The van der Waals surface area contributed by atoms with Crippen molar-refractivity contribution in [1.82, 2.24) is 0 Å². The van der Waals surface area contributed by atoms with Gasteiger partial charge in [-0.2, -0.15) is 0 Å². The largest absolute Gasteiger partial charge is 0.435 e. The number of anilines is 2. The van der Waals surface area contributed by atoms with Crippen LogP contribution in [0, 0.1) is 0 Å². The molecule has 1 aliphatic carbocycles. The van der Waals surface area contributed by atoms with Crippen molar-refractivity contribution < 1.29 is 14.3 Å². The first-order chi connectivity index (χ1) is 13.6. The Morgan fingerprint density at radius 2 is 1.64 bits per heavy atom. The summed E-state index contributed by atoms with van der Waals surface area (Å²) in [5, 5.41) is 3.61. The highest BCUT2D eigenvalue weighted by Crippen LogP contribution is 2.42. The molecular formula is C22H21ClN2O3. The summed E-state index contributed by atoms with van der Waals surface area (Å²) in [4.78, 5) is 27.8. The number of ether oxygens (including phenoxy) is 1. The number of para-hydroxylation sites is 1. The molecule has 28 heavy (non-hydrogen) atoms. The SMILES string of the molecule is O=C1OC2(CCCCC2)N(c2ccccc2)C(=O)/C1=C/Nc1ccc(Cl)cc1. The molecule has 1 aliphatic heterocycles. The van der Waals surface area contributed by atoms with Crippen molar-refractivity contribution in [3.8, 4) is 0 Å². The quantitative estimate of drug-likeness (QED) is 0.456. The van der Waals surface area contributed by atoms with Crippen LogP contribution >= 0.6 is 11.6 Å². The van der Waals surface area contributed by atoms with Gasteiger partial charge >= 0.3 is 5.97 Å². The van der Waals surface area contributed by atoms with Gasteiger partial charge in [-0.25, -0.2) is 4.79 Å². The van der Waals surface area contributed by atoms with Crippen molar-refractivity contribution in [3.05, 3.63) is 71.4 Å². The van der Waals surface area contributed by atoms with Crippen molar-refractivity contribution >= 4 is 34.9 Å². The van der Waals surface area contributed by atoms with Crippen LogP contribution in [0.1, 0.15) is 32.1 Å². The molecule has 2 aromatic rings. The van der Waals surface area contributed by atoms with Crippen LogP contribution < -0.4 is 10.2 Å². The summed E-state index contributed by atoms with van der Waals surface area (Å²) < 4.78 is 5.91. The molecule has 1 amide bonds. The zero-order chi connectivity index (χ0) is 19.6. The van der Waals surface area contributed by atoms with Gasteiger partial charge in [-0.05, 0) is 49.2 Å². The lowest BCUT2D eigenvalue weighted by Crippen LogP contribution is -2.61. The third-order valence-corrected chi connectivity index (χ3v) is 5.47. The topological polar surface area (TPSA) is 58.6 Å². The van der Waals surface area contributed by atoms with Crippen LogP contribution in [-0.2, 0) is 14.3 Å². The third kappa shape index (κ3) is 3.50. The molecule has 2 aromatic carbocycles. The Labute approximate surface area is 168 Å². The molecule has 2 fully saturated rings. The van der Waals surface area contributed by atoms with Gasteiger partial charge in [-0.1, -0.05) is 36.2 Å². The number of halogens is 1. The number of esters is 1. The second kappa shape index (κ2) is 7.68. The Bertz CT molecular complexity index is 903. The van der Waals surface area contributed by atoms with Crippen LogP contribution in [0.4, 0.5) is 11.4 Å². The maximum atomic E-state index is 13.4. The standard InChI is InChI=1S/C22H21ClN2O3/c23-16-9-11-17(12-10-16)24-15-19-20(26)25(18-7-3-1-4-8-18)22(28-21(19)27)13-5-2-6-14-22/h1,3-4,7-12,15,24H,2,5-6,13-14H2/b19-15-. The van der Waals surface area contributed by atoms with E-state index < -0.39 is 11.7 Å². The molecular weight excluding hydrogens is 376 g/mol. The lowest BCUT2D eigenvalue weighted by atomic mass is 9.87. The highest BCUT2D eigenvalue weighted by molar-refractivity contribution is 6.30. The van der Waals surface area contributed by atoms with Crippen molar-refractivity contribution in [2.75, 3.05) is 10.2 Å². The van der Waals surface area contributed by atoms with E-state index in [2.05, 4.69) is 5.32 Å². The predicted molar refractivity (Wildman–Crippen MR) is 109 cm³/mol. The van der Waals surface area contributed by atoms with E-state index in [0.29, 0.717) is 17.9 Å². The maximum Gasteiger partial charge on any atom is 0.347 e. The van der Waals surface area contributed by atoms with Crippen molar-refractivity contribution in [2.24, 2.45) is 0 Å². The van der Waals surface area contributed by atoms with Gasteiger partial charge in [0.15, 0.2) is 5.72 Å². The molecule has 5 nitrogen and oxygen atoms in total. The lowest BCUT2D eigenvalue weighted by molar-refractivity contribution is -0.166. The first-order valence-electron chi connectivity index (χ1n) is 9.44. The van der Waals surface area contributed by atoms with Gasteiger partial charge in [0, 0.05) is 35.4 Å². The van der Waals surface area contributed by atoms with Gasteiger partial charge < -0.3 is 10.1 Å². The minimum Gasteiger partial charge on any atom is -0.435 e. The van der Waals surface area contributed by atoms with E-state index in [0.717, 1.165) is 30.6 Å². The molecule has 0 radical (unpaired) electrons. The van der Waals surface area contributed by atoms with Gasteiger partial charge in [0.1, 0.15) is 5.57 Å². The third-order valence-electron chi connectivity index (χ3n) is 5.22. The maximum absolute atomic E-state index is 13.4. The first kappa shape index (κ1) is 18.6. The monoisotopic (exact) mass is 396 g/mol. The molecule has 1 heterocycles. The molecule has 0 atom stereocenters. The van der Waals surface area contributed by atoms with Crippen LogP contribution in [0.5, 0.6) is 0 Å². The van der Waals surface area contributed by atoms with Crippen LogP contribution in [0.15, 0.2) is 66.4 Å². The van der Waals surface area contributed by atoms with Gasteiger partial charge in [-0.3, -0.25) is 9.69 Å². The molecule has 0 aromatic heterocycles. The molecule has 1 saturated heterocycles. The van der Waals surface area contributed by atoms with Gasteiger partial charge in [0.05, 0.1) is 0 Å². The average molecular weight is 397 g/mol. The fourth-order valence-corrected chi connectivity index (χ4v) is 3.97. The van der Waals surface area contributed by atoms with Crippen molar-refractivity contribution in [3.63, 3.8) is 0 Å². The Kier molecular flexibility index (Phi) is 5.09. The van der Waals surface area contributed by atoms with Gasteiger partial charge in [0.2, 0.25) is 0 Å². The Balaban J connectivity index is 1.68. The predicted octanol–water partition coefficient (Wildman–Crippen LogP) is 4.89. The molecule has 0 bridgehead atoms. The first-order valence-corrected chi connectivity index (χ1v) is 9.82. The second-order valence-corrected chi connectivity index (χ2v) is 7.52. The molecule has 2 aliphatic rings. The van der Waals surface area contributed by atoms with Gasteiger partial charge in [-0.15, -0.1) is 0 Å². The van der Waals surface area contributed by atoms with E-state index in [9.17, 15) is 9.59 Å². The number of rotatable bonds is 3. The zero-order valence-electron chi connectivity index (χ0n) is 15.4. The molecule has 144 valence electrons. The van der Waals surface area contributed by atoms with E-state index >= 15 is 0 Å². The van der Waals surface area contributed by atoms with E-state index in [4.69, 9.17) is 16.3 Å². The average Bonchev–Trinajstić information content (AvgIpc) is 2.70.